The predicted octanol–water partition coefficient (Wildman–Crippen LogP) is 2.05. The minimum atomic E-state index is -1.28. The highest BCUT2D eigenvalue weighted by molar-refractivity contribution is 5.92. The van der Waals surface area contributed by atoms with Crippen molar-refractivity contribution in [3.8, 4) is 0 Å². The van der Waals surface area contributed by atoms with E-state index in [9.17, 15) is 29.7 Å². The summed E-state index contributed by atoms with van der Waals surface area (Å²) in [7, 11) is 6.44. The molecule has 16 atom stereocenters. The predicted molar refractivity (Wildman–Crippen MR) is 241 cm³/mol. The number of amides is 1. The second kappa shape index (κ2) is 26.3. The molecule has 1 aromatic rings. The lowest BCUT2D eigenvalue weighted by Crippen LogP contribution is -2.63. The summed E-state index contributed by atoms with van der Waals surface area (Å²) >= 11 is 0. The van der Waals surface area contributed by atoms with Crippen LogP contribution in [0.4, 0.5) is 5.82 Å². The number of ether oxygens (including phenoxy) is 9. The first-order valence-electron chi connectivity index (χ1n) is 23.0. The molecule has 20 heteroatoms. The van der Waals surface area contributed by atoms with Gasteiger partial charge in [-0.3, -0.25) is 14.4 Å². The van der Waals surface area contributed by atoms with E-state index in [4.69, 9.17) is 47.5 Å². The number of nitrogens with zero attached hydrogens (tertiary/aromatic N) is 3. The number of ketones is 1. The zero-order chi connectivity index (χ0) is 48.8. The summed E-state index contributed by atoms with van der Waals surface area (Å²) in [6, 6.07) is 4.36. The van der Waals surface area contributed by atoms with E-state index in [1.54, 1.807) is 63.3 Å². The van der Waals surface area contributed by atoms with E-state index in [0.29, 0.717) is 29.9 Å². The summed E-state index contributed by atoms with van der Waals surface area (Å²) in [5, 5.41) is 40.2. The molecule has 0 aliphatic carbocycles. The first-order valence-corrected chi connectivity index (χ1v) is 23.0. The lowest BCUT2D eigenvalue weighted by molar-refractivity contribution is -0.305. The quantitative estimate of drug-likeness (QED) is 0.173. The van der Waals surface area contributed by atoms with Gasteiger partial charge in [-0.1, -0.05) is 42.8 Å². The van der Waals surface area contributed by atoms with Crippen molar-refractivity contribution in [3.63, 3.8) is 0 Å². The van der Waals surface area contributed by atoms with E-state index in [2.05, 4.69) is 15.5 Å². The van der Waals surface area contributed by atoms with E-state index >= 15 is 0 Å². The molecule has 4 N–H and O–H groups in total. The van der Waals surface area contributed by atoms with E-state index in [1.807, 2.05) is 26.8 Å². The molecular formula is C47H72N4O16. The fourth-order valence-corrected chi connectivity index (χ4v) is 8.90. The van der Waals surface area contributed by atoms with Crippen LogP contribution in [0.2, 0.25) is 0 Å². The van der Waals surface area contributed by atoms with Gasteiger partial charge in [0.15, 0.2) is 25.0 Å². The normalized spacial score (nSPS) is 38.3. The molecule has 2 bridgehead atoms. The minimum absolute atomic E-state index is 0.00496. The van der Waals surface area contributed by atoms with Crippen LogP contribution in [-0.2, 0) is 61.9 Å². The molecule has 0 saturated carbocycles. The third kappa shape index (κ3) is 15.4. The van der Waals surface area contributed by atoms with Crippen molar-refractivity contribution >= 4 is 29.2 Å². The molecule has 1 aromatic heterocycles. The van der Waals surface area contributed by atoms with Crippen LogP contribution >= 0.6 is 0 Å². The summed E-state index contributed by atoms with van der Waals surface area (Å²) in [4.78, 5) is 51.8. The van der Waals surface area contributed by atoms with E-state index < -0.39 is 116 Å². The maximum atomic E-state index is 14.1. The van der Waals surface area contributed by atoms with Crippen molar-refractivity contribution in [2.24, 2.45) is 28.8 Å². The number of nitrogens with one attached hydrogen (secondary N) is 1. The third-order valence-corrected chi connectivity index (χ3v) is 12.7. The average Bonchev–Trinajstić information content (AvgIpc) is 3.31. The largest absolute Gasteiger partial charge is 0.465 e. The van der Waals surface area contributed by atoms with Crippen LogP contribution in [0.5, 0.6) is 0 Å². The molecule has 5 rings (SSSR count). The van der Waals surface area contributed by atoms with Crippen LogP contribution in [0, 0.1) is 23.7 Å². The summed E-state index contributed by atoms with van der Waals surface area (Å²) < 4.78 is 54.9. The number of aromatic nitrogens is 1. The number of rotatable bonds is 12. The average molecular weight is 949 g/mol. The van der Waals surface area contributed by atoms with E-state index in [1.165, 1.54) is 20.3 Å². The summed E-state index contributed by atoms with van der Waals surface area (Å²) in [5.41, 5.74) is 1.01. The lowest BCUT2D eigenvalue weighted by Gasteiger charge is -2.47. The molecule has 1 amide bonds. The maximum Gasteiger partial charge on any atom is 0.308 e. The summed E-state index contributed by atoms with van der Waals surface area (Å²) in [6.45, 7) is 8.36. The molecule has 0 spiro atoms. The SMILES string of the molecule is CO[C@@H]1[C@H](O)[C@@H](C)O[C@@H](OC[C@H]2/C=C(C)/C=C/C(=O)[C@H](C)CC3CCOC/C(=N\OCC(=O)Nc4ccccn4)CO[C@H](CC(=O)OC2)[C@H](C)[C@H]3O[C@@H]2O[C@H](C)[C@@H](O)[C@H](N(C)C)[C@H]2O)[C@@H]1OC. The summed E-state index contributed by atoms with van der Waals surface area (Å²) in [5.74, 6) is -2.94. The third-order valence-electron chi connectivity index (χ3n) is 12.7. The van der Waals surface area contributed by atoms with Crippen LogP contribution in [0.1, 0.15) is 53.9 Å². The van der Waals surface area contributed by atoms with Gasteiger partial charge in [-0.15, -0.1) is 0 Å². The molecule has 4 aliphatic rings. The molecule has 4 aliphatic heterocycles. The molecule has 0 radical (unpaired) electrons. The van der Waals surface area contributed by atoms with Crippen molar-refractivity contribution < 1.29 is 77.2 Å². The molecule has 20 nitrogen and oxygen atoms in total. The standard InChI is InChI=1S/C47H72N4O16/c1-26-13-14-34(52)27(2)19-32-15-17-60-23-33(50-64-25-37(53)49-36-12-10-11-16-48-36)24-61-35(28(3)43(32)67-46-42(57)39(51(6)7)40(55)29(4)65-46)20-38(54)62-21-31(18-26)22-63-47-45(59-9)44(58-8)41(56)30(5)66-47/h10-14,16,18,27-32,35,39-47,55-57H,15,17,19-25H2,1-9H3,(H,48,49,53)/b14-13+,26-18+,50-33+/t27-,28+,29-,30-,31+,32?,35-,39+,40-,41-,42-,43-,44-,45-,46+,47-/m1/s1. The molecule has 5 heterocycles. The number of hydrogen-bond acceptors (Lipinski definition) is 19. The van der Waals surface area contributed by atoms with E-state index in [0.717, 1.165) is 0 Å². The summed E-state index contributed by atoms with van der Waals surface area (Å²) in [6.07, 6.45) is -2.85. The van der Waals surface area contributed by atoms with Gasteiger partial charge >= 0.3 is 5.97 Å². The van der Waals surface area contributed by atoms with Crippen molar-refractivity contribution in [2.45, 2.75) is 127 Å². The number of aliphatic hydroxyl groups is 3. The van der Waals surface area contributed by atoms with Crippen molar-refractivity contribution in [1.82, 2.24) is 9.88 Å². The zero-order valence-electron chi connectivity index (χ0n) is 40.1. The number of likely N-dealkylation sites (N-methyl/N-ethyl adjacent to an activating group) is 1. The Balaban J connectivity index is 1.45. The van der Waals surface area contributed by atoms with Gasteiger partial charge in [0.2, 0.25) is 0 Å². The number of methoxy groups -OCH3 is 2. The fourth-order valence-electron chi connectivity index (χ4n) is 8.90. The van der Waals surface area contributed by atoms with Gasteiger partial charge in [-0.2, -0.15) is 0 Å². The number of pyridine rings is 1. The van der Waals surface area contributed by atoms with Crippen molar-refractivity contribution in [3.05, 3.63) is 48.2 Å². The molecule has 3 saturated heterocycles. The zero-order valence-corrected chi connectivity index (χ0v) is 40.1. The first-order chi connectivity index (χ1) is 32.0. The number of aliphatic hydroxyl groups excluding tert-OH is 3. The number of carbonyl (C=O) groups is 3. The number of hydrogen-bond donors (Lipinski definition) is 4. The maximum absolute atomic E-state index is 14.1. The van der Waals surface area contributed by atoms with Crippen molar-refractivity contribution in [2.75, 3.05) is 73.3 Å². The molecule has 67 heavy (non-hydrogen) atoms. The number of fused-ring (bicyclic) bond motifs is 3. The molecule has 1 unspecified atom stereocenters. The molecule has 0 aromatic carbocycles. The van der Waals surface area contributed by atoms with Crippen LogP contribution in [0.3, 0.4) is 0 Å². The van der Waals surface area contributed by atoms with Crippen LogP contribution in [0.25, 0.3) is 0 Å². The smallest absolute Gasteiger partial charge is 0.308 e. The second-order valence-corrected chi connectivity index (χ2v) is 18.1. The van der Waals surface area contributed by atoms with Crippen LogP contribution in [0.15, 0.2) is 53.4 Å². The number of carbonyl (C=O) groups excluding carboxylic acids is 3. The Morgan fingerprint density at radius 3 is 2.37 bits per heavy atom. The van der Waals surface area contributed by atoms with Gasteiger partial charge in [0, 0.05) is 44.8 Å². The van der Waals surface area contributed by atoms with Crippen LogP contribution < -0.4 is 5.32 Å². The highest BCUT2D eigenvalue weighted by atomic mass is 16.7. The fraction of sp³-hybridized carbons (Fsp3) is 0.723. The van der Waals surface area contributed by atoms with Gasteiger partial charge in [-0.05, 0) is 71.8 Å². The van der Waals surface area contributed by atoms with Gasteiger partial charge in [0.1, 0.15) is 35.9 Å². The Hall–Kier alpha value is -3.77. The Kier molecular flexibility index (Phi) is 21.2. The number of anilines is 1. The minimum Gasteiger partial charge on any atom is -0.465 e. The van der Waals surface area contributed by atoms with Gasteiger partial charge in [0.25, 0.3) is 5.91 Å². The Labute approximate surface area is 393 Å². The monoisotopic (exact) mass is 948 g/mol. The van der Waals surface area contributed by atoms with Crippen molar-refractivity contribution in [1.29, 1.82) is 0 Å². The Morgan fingerprint density at radius 1 is 0.940 bits per heavy atom. The first kappa shape index (κ1) is 54.2. The molecular weight excluding hydrogens is 877 g/mol. The molecule has 3 fully saturated rings. The molecule has 376 valence electrons. The Bertz CT molecular complexity index is 1820. The highest BCUT2D eigenvalue weighted by Crippen LogP contribution is 2.36. The van der Waals surface area contributed by atoms with E-state index in [-0.39, 0.29) is 45.2 Å². The highest BCUT2D eigenvalue weighted by Gasteiger charge is 2.48. The van der Waals surface area contributed by atoms with Crippen LogP contribution in [-0.4, -0.2) is 190 Å². The van der Waals surface area contributed by atoms with Gasteiger partial charge in [-0.25, -0.2) is 4.98 Å². The lowest BCUT2D eigenvalue weighted by atomic mass is 9.79. The van der Waals surface area contributed by atoms with Gasteiger partial charge in [0.05, 0.1) is 69.4 Å². The topological polar surface area (TPSA) is 245 Å². The number of esters is 1. The Morgan fingerprint density at radius 2 is 1.67 bits per heavy atom. The number of oxime groups is 1. The second-order valence-electron chi connectivity index (χ2n) is 18.1. The number of allylic oxidation sites excluding steroid dienone is 3. The number of cyclic esters (lactones) is 1. The van der Waals surface area contributed by atoms with Gasteiger partial charge < -0.3 is 73.0 Å².